The maximum Gasteiger partial charge on any atom is 0.320 e. The molecule has 0 amide bonds. The van der Waals surface area contributed by atoms with E-state index in [1.165, 1.54) is 6.08 Å². The van der Waals surface area contributed by atoms with Crippen LogP contribution >= 0.6 is 0 Å². The first-order chi connectivity index (χ1) is 9.06. The number of carbonyl (C=O) groups is 3. The first-order valence-corrected chi connectivity index (χ1v) is 6.60. The van der Waals surface area contributed by atoms with E-state index >= 15 is 0 Å². The predicted octanol–water partition coefficient (Wildman–Crippen LogP) is 1.80. The molecule has 0 aliphatic heterocycles. The minimum absolute atomic E-state index is 0.0479. The smallest absolute Gasteiger partial charge is 0.320 e. The van der Waals surface area contributed by atoms with Crippen LogP contribution in [0.3, 0.4) is 0 Å². The van der Waals surface area contributed by atoms with Gasteiger partial charge in [-0.3, -0.25) is 14.4 Å². The number of rotatable bonds is 6. The molecule has 0 saturated heterocycles. The molecule has 5 nitrogen and oxygen atoms in total. The van der Waals surface area contributed by atoms with E-state index in [1.807, 2.05) is 0 Å². The molecule has 0 spiro atoms. The van der Waals surface area contributed by atoms with Gasteiger partial charge in [-0.05, 0) is 39.2 Å². The fraction of sp³-hybridized carbons (Fsp3) is 0.643. The Morgan fingerprint density at radius 2 is 1.95 bits per heavy atom. The second kappa shape index (κ2) is 7.07. The number of ketones is 1. The zero-order valence-corrected chi connectivity index (χ0v) is 11.4. The summed E-state index contributed by atoms with van der Waals surface area (Å²) in [6.45, 7) is 3.92. The number of esters is 2. The van der Waals surface area contributed by atoms with Crippen LogP contribution in [0.4, 0.5) is 0 Å². The molecular weight excluding hydrogens is 248 g/mol. The average molecular weight is 268 g/mol. The van der Waals surface area contributed by atoms with E-state index in [0.29, 0.717) is 19.4 Å². The van der Waals surface area contributed by atoms with Crippen LogP contribution in [0.2, 0.25) is 0 Å². The minimum atomic E-state index is -1.21. The lowest BCUT2D eigenvalue weighted by Gasteiger charge is -2.30. The summed E-state index contributed by atoms with van der Waals surface area (Å²) in [5.41, 5.74) is -1.21. The van der Waals surface area contributed by atoms with Crippen molar-refractivity contribution in [1.29, 1.82) is 0 Å². The topological polar surface area (TPSA) is 69.7 Å². The molecule has 0 fully saturated rings. The van der Waals surface area contributed by atoms with E-state index in [1.54, 1.807) is 19.9 Å². The third kappa shape index (κ3) is 3.66. The highest BCUT2D eigenvalue weighted by atomic mass is 16.5. The molecule has 0 bridgehead atoms. The summed E-state index contributed by atoms with van der Waals surface area (Å²) in [6.07, 6.45) is 4.36. The summed E-state index contributed by atoms with van der Waals surface area (Å²) in [4.78, 5) is 35.5. The van der Waals surface area contributed by atoms with Crippen LogP contribution in [-0.4, -0.2) is 30.9 Å². The fourth-order valence-electron chi connectivity index (χ4n) is 2.17. The first kappa shape index (κ1) is 15.4. The van der Waals surface area contributed by atoms with E-state index < -0.39 is 17.4 Å². The second-order valence-electron chi connectivity index (χ2n) is 4.41. The molecule has 1 aliphatic carbocycles. The van der Waals surface area contributed by atoms with Gasteiger partial charge in [0.05, 0.1) is 13.2 Å². The maximum absolute atomic E-state index is 12.1. The molecule has 0 aromatic carbocycles. The van der Waals surface area contributed by atoms with Crippen molar-refractivity contribution in [2.45, 2.75) is 39.5 Å². The Hall–Kier alpha value is -1.65. The molecule has 1 atom stereocenters. The van der Waals surface area contributed by atoms with Crippen molar-refractivity contribution in [2.24, 2.45) is 5.41 Å². The summed E-state index contributed by atoms with van der Waals surface area (Å²) < 4.78 is 9.83. The molecular formula is C14H20O5. The van der Waals surface area contributed by atoms with Gasteiger partial charge >= 0.3 is 11.9 Å². The minimum Gasteiger partial charge on any atom is -0.466 e. The van der Waals surface area contributed by atoms with Gasteiger partial charge in [-0.25, -0.2) is 0 Å². The van der Waals surface area contributed by atoms with Gasteiger partial charge in [0.25, 0.3) is 0 Å². The lowest BCUT2D eigenvalue weighted by atomic mass is 9.72. The van der Waals surface area contributed by atoms with Crippen molar-refractivity contribution in [3.05, 3.63) is 12.2 Å². The Morgan fingerprint density at radius 3 is 2.53 bits per heavy atom. The highest BCUT2D eigenvalue weighted by Gasteiger charge is 2.46. The molecule has 1 rings (SSSR count). The third-order valence-electron chi connectivity index (χ3n) is 3.21. The van der Waals surface area contributed by atoms with E-state index in [2.05, 4.69) is 0 Å². The Kier molecular flexibility index (Phi) is 5.73. The molecule has 0 heterocycles. The molecule has 0 radical (unpaired) electrons. The third-order valence-corrected chi connectivity index (χ3v) is 3.21. The van der Waals surface area contributed by atoms with Crippen molar-refractivity contribution in [3.63, 3.8) is 0 Å². The van der Waals surface area contributed by atoms with Gasteiger partial charge in [0, 0.05) is 6.42 Å². The zero-order valence-electron chi connectivity index (χ0n) is 11.4. The monoisotopic (exact) mass is 268 g/mol. The van der Waals surface area contributed by atoms with E-state index in [-0.39, 0.29) is 25.2 Å². The van der Waals surface area contributed by atoms with Gasteiger partial charge in [0.15, 0.2) is 5.78 Å². The molecule has 0 N–H and O–H groups in total. The van der Waals surface area contributed by atoms with E-state index in [0.717, 1.165) is 0 Å². The van der Waals surface area contributed by atoms with Gasteiger partial charge in [0.1, 0.15) is 5.41 Å². The zero-order chi connectivity index (χ0) is 14.3. The average Bonchev–Trinajstić information content (AvgIpc) is 2.38. The van der Waals surface area contributed by atoms with Crippen LogP contribution in [0.15, 0.2) is 12.2 Å². The van der Waals surface area contributed by atoms with Crippen LogP contribution in [-0.2, 0) is 23.9 Å². The summed E-state index contributed by atoms with van der Waals surface area (Å²) in [5, 5.41) is 0. The Labute approximate surface area is 112 Å². The fourth-order valence-corrected chi connectivity index (χ4v) is 2.17. The first-order valence-electron chi connectivity index (χ1n) is 6.60. The van der Waals surface area contributed by atoms with Crippen molar-refractivity contribution >= 4 is 17.7 Å². The Bertz CT molecular complexity index is 385. The number of carbonyl (C=O) groups excluding carboxylic acids is 3. The highest BCUT2D eigenvalue weighted by molar-refractivity contribution is 6.10. The number of ether oxygens (including phenoxy) is 2. The molecule has 1 unspecified atom stereocenters. The normalized spacial score (nSPS) is 22.1. The summed E-state index contributed by atoms with van der Waals surface area (Å²) in [5.74, 6) is -1.20. The number of hydrogen-bond donors (Lipinski definition) is 0. The molecule has 0 aromatic heterocycles. The van der Waals surface area contributed by atoms with Gasteiger partial charge in [-0.1, -0.05) is 6.08 Å². The SMILES string of the molecule is CCOC(=O)CCC1(C(=O)OCC)CCC=CC1=O. The number of hydrogen-bond acceptors (Lipinski definition) is 5. The molecule has 0 saturated carbocycles. The van der Waals surface area contributed by atoms with Crippen LogP contribution in [0.5, 0.6) is 0 Å². The number of allylic oxidation sites excluding steroid dienone is 2. The van der Waals surface area contributed by atoms with Gasteiger partial charge in [-0.15, -0.1) is 0 Å². The maximum atomic E-state index is 12.1. The summed E-state index contributed by atoms with van der Waals surface area (Å²) in [7, 11) is 0. The Balaban J connectivity index is 2.81. The van der Waals surface area contributed by atoms with E-state index in [4.69, 9.17) is 9.47 Å². The van der Waals surface area contributed by atoms with Crippen LogP contribution in [0.25, 0.3) is 0 Å². The van der Waals surface area contributed by atoms with Gasteiger partial charge < -0.3 is 9.47 Å². The lowest BCUT2D eigenvalue weighted by molar-refractivity contribution is -0.161. The van der Waals surface area contributed by atoms with Crippen molar-refractivity contribution < 1.29 is 23.9 Å². The van der Waals surface area contributed by atoms with Crippen molar-refractivity contribution in [1.82, 2.24) is 0 Å². The molecule has 19 heavy (non-hydrogen) atoms. The quantitative estimate of drug-likeness (QED) is 0.542. The molecule has 0 aromatic rings. The molecule has 5 heteroatoms. The summed E-state index contributed by atoms with van der Waals surface area (Å²) in [6, 6.07) is 0. The Morgan fingerprint density at radius 1 is 1.26 bits per heavy atom. The van der Waals surface area contributed by atoms with Gasteiger partial charge in [-0.2, -0.15) is 0 Å². The van der Waals surface area contributed by atoms with E-state index in [9.17, 15) is 14.4 Å². The van der Waals surface area contributed by atoms with Crippen LogP contribution in [0, 0.1) is 5.41 Å². The molecule has 106 valence electrons. The highest BCUT2D eigenvalue weighted by Crippen LogP contribution is 2.36. The largest absolute Gasteiger partial charge is 0.466 e. The predicted molar refractivity (Wildman–Crippen MR) is 68.3 cm³/mol. The van der Waals surface area contributed by atoms with Crippen molar-refractivity contribution in [2.75, 3.05) is 13.2 Å². The van der Waals surface area contributed by atoms with Crippen LogP contribution < -0.4 is 0 Å². The van der Waals surface area contributed by atoms with Crippen molar-refractivity contribution in [3.8, 4) is 0 Å². The molecule has 1 aliphatic rings. The van der Waals surface area contributed by atoms with Gasteiger partial charge in [0.2, 0.25) is 0 Å². The lowest BCUT2D eigenvalue weighted by Crippen LogP contribution is -2.41. The summed E-state index contributed by atoms with van der Waals surface area (Å²) >= 11 is 0. The van der Waals surface area contributed by atoms with Crippen LogP contribution in [0.1, 0.15) is 39.5 Å². The second-order valence-corrected chi connectivity index (χ2v) is 4.41. The standard InChI is InChI=1S/C14H20O5/c1-3-18-12(16)8-10-14(13(17)19-4-2)9-6-5-7-11(14)15/h5,7H,3-4,6,8-10H2,1-2H3.